The van der Waals surface area contributed by atoms with E-state index in [9.17, 15) is 0 Å². The van der Waals surface area contributed by atoms with Gasteiger partial charge in [-0.3, -0.25) is 0 Å². The molecule has 2 N–H and O–H groups in total. The van der Waals surface area contributed by atoms with E-state index in [0.717, 1.165) is 24.0 Å². The number of aryl methyl sites for hydroxylation is 2. The molecule has 3 rings (SSSR count). The van der Waals surface area contributed by atoms with Crippen molar-refractivity contribution in [3.8, 4) is 11.5 Å². The predicted octanol–water partition coefficient (Wildman–Crippen LogP) is 1.99. The molecule has 82 valence electrons. The molecule has 1 aliphatic rings. The fraction of sp³-hybridized carbons (Fsp3) is 0.333. The highest BCUT2D eigenvalue weighted by atomic mass is 16.5. The molecule has 16 heavy (non-hydrogen) atoms. The van der Waals surface area contributed by atoms with Crippen molar-refractivity contribution in [3.05, 3.63) is 35.2 Å². The molecule has 4 nitrogen and oxygen atoms in total. The van der Waals surface area contributed by atoms with Gasteiger partial charge in [0, 0.05) is 11.6 Å². The third-order valence-electron chi connectivity index (χ3n) is 3.20. The smallest absolute Gasteiger partial charge is 0.257 e. The molecule has 0 aliphatic heterocycles. The summed E-state index contributed by atoms with van der Waals surface area (Å²) >= 11 is 0. The first-order valence-electron chi connectivity index (χ1n) is 5.42. The van der Waals surface area contributed by atoms with E-state index in [1.165, 1.54) is 17.5 Å². The lowest BCUT2D eigenvalue weighted by Gasteiger charge is -2.08. The number of hydrogen-bond donors (Lipinski definition) is 1. The molecule has 2 aromatic rings. The Morgan fingerprint density at radius 1 is 1.44 bits per heavy atom. The lowest BCUT2D eigenvalue weighted by molar-refractivity contribution is 0.430. The molecule has 0 saturated carbocycles. The van der Waals surface area contributed by atoms with Gasteiger partial charge in [0.2, 0.25) is 0 Å². The molecule has 1 atom stereocenters. The van der Waals surface area contributed by atoms with Gasteiger partial charge in [0.15, 0.2) is 6.33 Å². The maximum absolute atomic E-state index is 6.03. The SMILES string of the molecule is Cc1cc2c(cc1-c1ncno1)CC[C@H]2N. The third-order valence-corrected chi connectivity index (χ3v) is 3.20. The first-order chi connectivity index (χ1) is 7.75. The Labute approximate surface area is 93.5 Å². The molecule has 1 aromatic heterocycles. The zero-order chi connectivity index (χ0) is 11.1. The Hall–Kier alpha value is -1.68. The second-order valence-electron chi connectivity index (χ2n) is 4.26. The van der Waals surface area contributed by atoms with Gasteiger partial charge in [0.1, 0.15) is 0 Å². The second kappa shape index (κ2) is 3.42. The number of rotatable bonds is 1. The van der Waals surface area contributed by atoms with Crippen LogP contribution in [0, 0.1) is 6.92 Å². The largest absolute Gasteiger partial charge is 0.334 e. The average Bonchev–Trinajstić information content (AvgIpc) is 2.89. The van der Waals surface area contributed by atoms with Gasteiger partial charge >= 0.3 is 0 Å². The molecule has 1 aliphatic carbocycles. The summed E-state index contributed by atoms with van der Waals surface area (Å²) < 4.78 is 5.09. The Morgan fingerprint density at radius 3 is 3.06 bits per heavy atom. The standard InChI is InChI=1S/C12H13N3O/c1-7-4-10-8(2-3-11(10)13)5-9(7)12-14-6-15-16-12/h4-6,11H,2-3,13H2,1H3/t11-/m1/s1. The lowest BCUT2D eigenvalue weighted by Crippen LogP contribution is -2.05. The number of nitrogens with two attached hydrogens (primary N) is 1. The van der Waals surface area contributed by atoms with Crippen LogP contribution >= 0.6 is 0 Å². The van der Waals surface area contributed by atoms with E-state index < -0.39 is 0 Å². The highest BCUT2D eigenvalue weighted by Crippen LogP contribution is 2.34. The van der Waals surface area contributed by atoms with Crippen molar-refractivity contribution in [1.29, 1.82) is 0 Å². The third kappa shape index (κ3) is 1.34. The van der Waals surface area contributed by atoms with E-state index in [0.29, 0.717) is 5.89 Å². The zero-order valence-corrected chi connectivity index (χ0v) is 9.10. The van der Waals surface area contributed by atoms with Crippen molar-refractivity contribution in [2.24, 2.45) is 5.73 Å². The first kappa shape index (κ1) is 9.54. The van der Waals surface area contributed by atoms with Crippen LogP contribution in [0.4, 0.5) is 0 Å². The van der Waals surface area contributed by atoms with Crippen molar-refractivity contribution in [2.45, 2.75) is 25.8 Å². The van der Waals surface area contributed by atoms with Crippen molar-refractivity contribution >= 4 is 0 Å². The topological polar surface area (TPSA) is 64.9 Å². The molecule has 0 bridgehead atoms. The molecule has 4 heteroatoms. The van der Waals surface area contributed by atoms with Crippen LogP contribution in [0.15, 0.2) is 23.0 Å². The number of hydrogen-bond acceptors (Lipinski definition) is 4. The molecule has 0 saturated heterocycles. The van der Waals surface area contributed by atoms with Crippen molar-refractivity contribution in [3.63, 3.8) is 0 Å². The van der Waals surface area contributed by atoms with Gasteiger partial charge in [-0.2, -0.15) is 4.98 Å². The molecule has 0 radical (unpaired) electrons. The number of benzene rings is 1. The van der Waals surface area contributed by atoms with Crippen LogP contribution in [0.25, 0.3) is 11.5 Å². The summed E-state index contributed by atoms with van der Waals surface area (Å²) in [7, 11) is 0. The van der Waals surface area contributed by atoms with Crippen LogP contribution in [0.3, 0.4) is 0 Å². The highest BCUT2D eigenvalue weighted by molar-refractivity contribution is 5.61. The van der Waals surface area contributed by atoms with Crippen molar-refractivity contribution in [1.82, 2.24) is 10.1 Å². The maximum atomic E-state index is 6.03. The fourth-order valence-electron chi connectivity index (χ4n) is 2.33. The van der Waals surface area contributed by atoms with Crippen LogP contribution in [-0.2, 0) is 6.42 Å². The number of aromatic nitrogens is 2. The van der Waals surface area contributed by atoms with Crippen molar-refractivity contribution < 1.29 is 4.52 Å². The summed E-state index contributed by atoms with van der Waals surface area (Å²) in [5.74, 6) is 0.584. The van der Waals surface area contributed by atoms with E-state index in [-0.39, 0.29) is 6.04 Å². The van der Waals surface area contributed by atoms with Crippen LogP contribution in [0.5, 0.6) is 0 Å². The minimum Gasteiger partial charge on any atom is -0.334 e. The summed E-state index contributed by atoms with van der Waals surface area (Å²) in [6.45, 7) is 2.05. The van der Waals surface area contributed by atoms with E-state index in [2.05, 4.69) is 22.3 Å². The molecule has 1 aromatic carbocycles. The molecule has 1 heterocycles. The van der Waals surface area contributed by atoms with Gasteiger partial charge in [-0.15, -0.1) is 0 Å². The number of fused-ring (bicyclic) bond motifs is 1. The summed E-state index contributed by atoms with van der Waals surface area (Å²) in [6, 6.07) is 4.46. The van der Waals surface area contributed by atoms with Gasteiger partial charge in [-0.05, 0) is 42.5 Å². The monoisotopic (exact) mass is 215 g/mol. The summed E-state index contributed by atoms with van der Waals surface area (Å²) in [5.41, 5.74) is 10.8. The van der Waals surface area contributed by atoms with Crippen LogP contribution in [-0.4, -0.2) is 10.1 Å². The molecular weight excluding hydrogens is 202 g/mol. The lowest BCUT2D eigenvalue weighted by atomic mass is 10.00. The normalized spacial score (nSPS) is 18.8. The number of nitrogens with zero attached hydrogens (tertiary/aromatic N) is 2. The maximum Gasteiger partial charge on any atom is 0.257 e. The van der Waals surface area contributed by atoms with E-state index >= 15 is 0 Å². The summed E-state index contributed by atoms with van der Waals surface area (Å²) in [4.78, 5) is 4.08. The van der Waals surface area contributed by atoms with E-state index in [1.807, 2.05) is 6.92 Å². The second-order valence-corrected chi connectivity index (χ2v) is 4.26. The van der Waals surface area contributed by atoms with Crippen LogP contribution in [0.1, 0.15) is 29.2 Å². The van der Waals surface area contributed by atoms with Gasteiger partial charge < -0.3 is 10.3 Å². The molecular formula is C12H13N3O. The highest BCUT2D eigenvalue weighted by Gasteiger charge is 2.21. The predicted molar refractivity (Wildman–Crippen MR) is 59.7 cm³/mol. The minimum atomic E-state index is 0.186. The molecule has 0 spiro atoms. The average molecular weight is 215 g/mol. The first-order valence-corrected chi connectivity index (χ1v) is 5.42. The van der Waals surface area contributed by atoms with E-state index in [1.54, 1.807) is 0 Å². The fourth-order valence-corrected chi connectivity index (χ4v) is 2.33. The van der Waals surface area contributed by atoms with Crippen LogP contribution in [0.2, 0.25) is 0 Å². The minimum absolute atomic E-state index is 0.186. The van der Waals surface area contributed by atoms with E-state index in [4.69, 9.17) is 10.3 Å². The Bertz CT molecular complexity index is 519. The van der Waals surface area contributed by atoms with Gasteiger partial charge in [0.05, 0.1) is 0 Å². The van der Waals surface area contributed by atoms with Gasteiger partial charge in [0.25, 0.3) is 5.89 Å². The van der Waals surface area contributed by atoms with Gasteiger partial charge in [-0.25, -0.2) is 0 Å². The van der Waals surface area contributed by atoms with Gasteiger partial charge in [-0.1, -0.05) is 11.2 Å². The Balaban J connectivity index is 2.15. The van der Waals surface area contributed by atoms with Crippen molar-refractivity contribution in [2.75, 3.05) is 0 Å². The zero-order valence-electron chi connectivity index (χ0n) is 9.10. The quantitative estimate of drug-likeness (QED) is 0.790. The van der Waals surface area contributed by atoms with Crippen LogP contribution < -0.4 is 5.73 Å². The Morgan fingerprint density at radius 2 is 2.31 bits per heavy atom. The molecule has 0 amide bonds. The molecule has 0 fully saturated rings. The molecule has 0 unspecified atom stereocenters. The Kier molecular flexibility index (Phi) is 2.04. The summed E-state index contributed by atoms with van der Waals surface area (Å²) in [6.07, 6.45) is 3.49. The summed E-state index contributed by atoms with van der Waals surface area (Å²) in [5, 5.41) is 3.64.